The fourth-order valence-electron chi connectivity index (χ4n) is 2.53. The third-order valence-electron chi connectivity index (χ3n) is 3.99. The summed E-state index contributed by atoms with van der Waals surface area (Å²) in [7, 11) is 0. The Morgan fingerprint density at radius 1 is 1.48 bits per heavy atom. The van der Waals surface area contributed by atoms with Crippen LogP contribution < -0.4 is 5.73 Å². The Labute approximate surface area is 123 Å². The standard InChI is InChI=1S/C14H21N5O2/c1-3-10(20-4-2)11-18-12(21-19-11)9-8-16-13(17-9)14(15)6-5-7-14/h8,10H,3-7,15H2,1-2H3,(H,16,17). The summed E-state index contributed by atoms with van der Waals surface area (Å²) in [5.74, 6) is 1.78. The second-order valence-corrected chi connectivity index (χ2v) is 5.47. The molecule has 2 aromatic heterocycles. The molecule has 2 heterocycles. The number of hydrogen-bond acceptors (Lipinski definition) is 6. The van der Waals surface area contributed by atoms with Crippen molar-refractivity contribution in [1.29, 1.82) is 0 Å². The second-order valence-electron chi connectivity index (χ2n) is 5.47. The van der Waals surface area contributed by atoms with Crippen molar-refractivity contribution in [3.63, 3.8) is 0 Å². The fourth-order valence-corrected chi connectivity index (χ4v) is 2.53. The highest BCUT2D eigenvalue weighted by atomic mass is 16.5. The van der Waals surface area contributed by atoms with Gasteiger partial charge in [0.05, 0.1) is 11.7 Å². The minimum Gasteiger partial charge on any atom is -0.370 e. The lowest BCUT2D eigenvalue weighted by atomic mass is 9.77. The number of nitrogens with zero attached hydrogens (tertiary/aromatic N) is 3. The average molecular weight is 291 g/mol. The molecule has 0 radical (unpaired) electrons. The van der Waals surface area contributed by atoms with E-state index in [1.807, 2.05) is 13.8 Å². The van der Waals surface area contributed by atoms with Gasteiger partial charge in [-0.15, -0.1) is 0 Å². The van der Waals surface area contributed by atoms with Crippen molar-refractivity contribution in [3.05, 3.63) is 17.8 Å². The van der Waals surface area contributed by atoms with E-state index in [4.69, 9.17) is 15.0 Å². The van der Waals surface area contributed by atoms with Crippen LogP contribution in [0.2, 0.25) is 0 Å². The Morgan fingerprint density at radius 3 is 2.90 bits per heavy atom. The van der Waals surface area contributed by atoms with Gasteiger partial charge in [0.1, 0.15) is 17.6 Å². The minimum atomic E-state index is -0.321. The highest BCUT2D eigenvalue weighted by Crippen LogP contribution is 2.37. The number of H-pyrrole nitrogens is 1. The van der Waals surface area contributed by atoms with Gasteiger partial charge < -0.3 is 20.0 Å². The summed E-state index contributed by atoms with van der Waals surface area (Å²) in [4.78, 5) is 12.0. The Kier molecular flexibility index (Phi) is 3.77. The molecule has 0 aromatic carbocycles. The van der Waals surface area contributed by atoms with Gasteiger partial charge in [-0.1, -0.05) is 12.1 Å². The predicted molar refractivity (Wildman–Crippen MR) is 76.3 cm³/mol. The van der Waals surface area contributed by atoms with Crippen LogP contribution in [-0.2, 0) is 10.3 Å². The van der Waals surface area contributed by atoms with Crippen LogP contribution in [0.25, 0.3) is 11.6 Å². The topological polar surface area (TPSA) is 103 Å². The van der Waals surface area contributed by atoms with Crippen LogP contribution >= 0.6 is 0 Å². The number of aromatic nitrogens is 4. The zero-order valence-corrected chi connectivity index (χ0v) is 12.4. The summed E-state index contributed by atoms with van der Waals surface area (Å²) in [6.45, 7) is 4.59. The average Bonchev–Trinajstić information content (AvgIpc) is 3.10. The molecule has 2 aromatic rings. The lowest BCUT2D eigenvalue weighted by Gasteiger charge is -2.35. The summed E-state index contributed by atoms with van der Waals surface area (Å²) in [6, 6.07) is 0. The van der Waals surface area contributed by atoms with Crippen molar-refractivity contribution >= 4 is 0 Å². The smallest absolute Gasteiger partial charge is 0.276 e. The van der Waals surface area contributed by atoms with Crippen molar-refractivity contribution < 1.29 is 9.26 Å². The van der Waals surface area contributed by atoms with E-state index in [9.17, 15) is 0 Å². The van der Waals surface area contributed by atoms with E-state index in [0.717, 1.165) is 31.5 Å². The molecule has 1 aliphatic carbocycles. The molecular formula is C14H21N5O2. The number of hydrogen-bond donors (Lipinski definition) is 2. The maximum atomic E-state index is 6.25. The minimum absolute atomic E-state index is 0.137. The van der Waals surface area contributed by atoms with Crippen molar-refractivity contribution in [3.8, 4) is 11.6 Å². The summed E-state index contributed by atoms with van der Waals surface area (Å²) >= 11 is 0. The number of rotatable bonds is 6. The van der Waals surface area contributed by atoms with Gasteiger partial charge in [0.25, 0.3) is 5.89 Å². The maximum absolute atomic E-state index is 6.25. The van der Waals surface area contributed by atoms with Crippen molar-refractivity contribution in [2.24, 2.45) is 5.73 Å². The molecule has 3 rings (SSSR count). The molecule has 3 N–H and O–H groups in total. The zero-order valence-electron chi connectivity index (χ0n) is 12.4. The van der Waals surface area contributed by atoms with E-state index in [1.165, 1.54) is 0 Å². The van der Waals surface area contributed by atoms with Gasteiger partial charge in [-0.25, -0.2) is 4.98 Å². The maximum Gasteiger partial charge on any atom is 0.276 e. The molecule has 1 fully saturated rings. The Morgan fingerprint density at radius 2 is 2.29 bits per heavy atom. The van der Waals surface area contributed by atoms with Crippen LogP contribution in [0, 0.1) is 0 Å². The first-order chi connectivity index (χ1) is 10.2. The number of aromatic amines is 1. The lowest BCUT2D eigenvalue weighted by Crippen LogP contribution is -2.44. The molecule has 1 unspecified atom stereocenters. The Balaban J connectivity index is 1.80. The summed E-state index contributed by atoms with van der Waals surface area (Å²) in [5.41, 5.74) is 6.63. The van der Waals surface area contributed by atoms with E-state index in [-0.39, 0.29) is 11.6 Å². The lowest BCUT2D eigenvalue weighted by molar-refractivity contribution is 0.0518. The van der Waals surface area contributed by atoms with Crippen LogP contribution in [0.3, 0.4) is 0 Å². The van der Waals surface area contributed by atoms with Crippen molar-refractivity contribution in [2.45, 2.75) is 51.2 Å². The van der Waals surface area contributed by atoms with Crippen LogP contribution in [0.5, 0.6) is 0 Å². The molecule has 1 saturated carbocycles. The molecule has 0 saturated heterocycles. The second kappa shape index (κ2) is 5.57. The molecule has 7 heteroatoms. The first kappa shape index (κ1) is 14.2. The quantitative estimate of drug-likeness (QED) is 0.846. The van der Waals surface area contributed by atoms with E-state index in [0.29, 0.717) is 24.0 Å². The third-order valence-corrected chi connectivity index (χ3v) is 3.99. The van der Waals surface area contributed by atoms with E-state index < -0.39 is 0 Å². The molecule has 0 bridgehead atoms. The van der Waals surface area contributed by atoms with Crippen LogP contribution in [0.1, 0.15) is 57.3 Å². The number of nitrogens with two attached hydrogens (primary N) is 1. The number of ether oxygens (including phenoxy) is 1. The molecule has 21 heavy (non-hydrogen) atoms. The summed E-state index contributed by atoms with van der Waals surface area (Å²) in [5, 5.41) is 4.00. The molecule has 7 nitrogen and oxygen atoms in total. The van der Waals surface area contributed by atoms with Crippen LogP contribution in [0.4, 0.5) is 0 Å². The van der Waals surface area contributed by atoms with E-state index in [2.05, 4.69) is 20.1 Å². The summed E-state index contributed by atoms with van der Waals surface area (Å²) < 4.78 is 10.9. The van der Waals surface area contributed by atoms with Crippen LogP contribution in [-0.4, -0.2) is 26.7 Å². The van der Waals surface area contributed by atoms with Gasteiger partial charge in [-0.3, -0.25) is 0 Å². The molecular weight excluding hydrogens is 270 g/mol. The SMILES string of the molecule is CCOC(CC)c1noc(-c2cnc(C3(N)CCC3)[nH]2)n1. The highest BCUT2D eigenvalue weighted by Gasteiger charge is 2.37. The number of imidazole rings is 1. The zero-order chi connectivity index (χ0) is 14.9. The molecule has 0 aliphatic heterocycles. The van der Waals surface area contributed by atoms with E-state index >= 15 is 0 Å². The van der Waals surface area contributed by atoms with Gasteiger partial charge in [0, 0.05) is 6.61 Å². The third kappa shape index (κ3) is 2.58. The largest absolute Gasteiger partial charge is 0.370 e. The van der Waals surface area contributed by atoms with Crippen molar-refractivity contribution in [1.82, 2.24) is 20.1 Å². The molecule has 0 amide bonds. The Bertz CT molecular complexity index is 602. The number of nitrogens with one attached hydrogen (secondary N) is 1. The Hall–Kier alpha value is -1.73. The van der Waals surface area contributed by atoms with Gasteiger partial charge in [0.2, 0.25) is 5.82 Å². The normalized spacial score (nSPS) is 18.4. The molecule has 1 aliphatic rings. The predicted octanol–water partition coefficient (Wildman–Crippen LogP) is 2.29. The summed E-state index contributed by atoms with van der Waals surface area (Å²) in [6.07, 6.45) is 5.41. The molecule has 0 spiro atoms. The van der Waals surface area contributed by atoms with Crippen molar-refractivity contribution in [2.75, 3.05) is 6.61 Å². The van der Waals surface area contributed by atoms with Gasteiger partial charge >= 0.3 is 0 Å². The first-order valence-corrected chi connectivity index (χ1v) is 7.46. The monoisotopic (exact) mass is 291 g/mol. The fraction of sp³-hybridized carbons (Fsp3) is 0.643. The van der Waals surface area contributed by atoms with Crippen LogP contribution in [0.15, 0.2) is 10.7 Å². The first-order valence-electron chi connectivity index (χ1n) is 7.46. The van der Waals surface area contributed by atoms with Gasteiger partial charge in [-0.05, 0) is 32.6 Å². The van der Waals surface area contributed by atoms with Gasteiger partial charge in [0.15, 0.2) is 0 Å². The van der Waals surface area contributed by atoms with E-state index in [1.54, 1.807) is 6.20 Å². The van der Waals surface area contributed by atoms with Gasteiger partial charge in [-0.2, -0.15) is 4.98 Å². The molecule has 1 atom stereocenters. The highest BCUT2D eigenvalue weighted by molar-refractivity contribution is 5.45. The molecule has 114 valence electrons.